The lowest BCUT2D eigenvalue weighted by atomic mass is 10.2. The fraction of sp³-hybridized carbons (Fsp3) is 0. The maximum absolute atomic E-state index is 10.2. The minimum atomic E-state index is 0.319. The Hall–Kier alpha value is -1.05. The van der Waals surface area contributed by atoms with Gasteiger partial charge in [-0.15, -0.1) is 0 Å². The minimum absolute atomic E-state index is 0.319. The number of anilines is 1. The molecular weight excluding hydrogens is 255 g/mol. The average Bonchev–Trinajstić information content (AvgIpc) is 2.12. The van der Waals surface area contributed by atoms with Gasteiger partial charge in [0.15, 0.2) is 0 Å². The lowest BCUT2D eigenvalue weighted by molar-refractivity contribution is -0.105. The maximum Gasteiger partial charge on any atom is 0.211 e. The normalized spacial score (nSPS) is 9.00. The monoisotopic (exact) mass is 258 g/mol. The van der Waals surface area contributed by atoms with Gasteiger partial charge in [0.2, 0.25) is 6.41 Å². The number of rotatable bonds is 2. The molecule has 0 spiro atoms. The van der Waals surface area contributed by atoms with Gasteiger partial charge in [0.1, 0.15) is 6.07 Å². The predicted octanol–water partition coefficient (Wildman–Crippen LogP) is 2.54. The van der Waals surface area contributed by atoms with Gasteiger partial charge in [-0.05, 0) is 28.1 Å². The number of hydrogen-bond acceptors (Lipinski definition) is 2. The first kappa shape index (κ1) is 10.0. The fourth-order valence-electron chi connectivity index (χ4n) is 0.861. The van der Waals surface area contributed by atoms with E-state index in [9.17, 15) is 4.79 Å². The van der Waals surface area contributed by atoms with Crippen LogP contribution in [0.4, 0.5) is 5.69 Å². The molecule has 0 saturated carbocycles. The highest BCUT2D eigenvalue weighted by atomic mass is 79.9. The number of nitrogens with zero attached hydrogens (tertiary/aromatic N) is 1. The quantitative estimate of drug-likeness (QED) is 0.830. The Bertz CT molecular complexity index is 386. The number of carbonyl (C=O) groups is 1. The van der Waals surface area contributed by atoms with Crippen molar-refractivity contribution < 1.29 is 4.79 Å². The molecule has 0 bridgehead atoms. The topological polar surface area (TPSA) is 52.9 Å². The molecule has 0 fully saturated rings. The molecule has 1 aromatic carbocycles. The molecule has 0 radical (unpaired) electrons. The lowest BCUT2D eigenvalue weighted by Crippen LogP contribution is -1.98. The second-order valence-electron chi connectivity index (χ2n) is 2.15. The van der Waals surface area contributed by atoms with Crippen LogP contribution in [0.5, 0.6) is 0 Å². The highest BCUT2D eigenvalue weighted by Gasteiger charge is 2.09. The van der Waals surface area contributed by atoms with Crippen molar-refractivity contribution in [1.82, 2.24) is 0 Å². The zero-order valence-corrected chi connectivity index (χ0v) is 8.69. The largest absolute Gasteiger partial charge is 0.326 e. The zero-order valence-electron chi connectivity index (χ0n) is 6.34. The van der Waals surface area contributed by atoms with E-state index in [0.29, 0.717) is 27.2 Å². The van der Waals surface area contributed by atoms with Crippen molar-refractivity contribution in [2.45, 2.75) is 0 Å². The van der Waals surface area contributed by atoms with Crippen LogP contribution in [0.2, 0.25) is 5.02 Å². The van der Waals surface area contributed by atoms with Crippen LogP contribution in [-0.2, 0) is 4.79 Å². The van der Waals surface area contributed by atoms with Crippen LogP contribution in [0.1, 0.15) is 5.56 Å². The molecule has 0 saturated heterocycles. The summed E-state index contributed by atoms with van der Waals surface area (Å²) in [6, 6.07) is 5.18. The SMILES string of the molecule is N#Cc1c(Br)ccc(Cl)c1NC=O. The van der Waals surface area contributed by atoms with Gasteiger partial charge < -0.3 is 5.32 Å². The first-order valence-corrected chi connectivity index (χ1v) is 4.46. The van der Waals surface area contributed by atoms with E-state index >= 15 is 0 Å². The number of halogens is 2. The molecule has 1 N–H and O–H groups in total. The second kappa shape index (κ2) is 4.26. The Morgan fingerprint density at radius 1 is 1.62 bits per heavy atom. The summed E-state index contributed by atoms with van der Waals surface area (Å²) in [5, 5.41) is 11.5. The van der Waals surface area contributed by atoms with Crippen LogP contribution in [0, 0.1) is 11.3 Å². The standard InChI is InChI=1S/C8H4BrClN2O/c9-6-1-2-7(10)8(12-4-13)5(6)3-11/h1-2,4H,(H,12,13). The van der Waals surface area contributed by atoms with Crippen molar-refractivity contribution in [2.24, 2.45) is 0 Å². The predicted molar refractivity (Wildman–Crippen MR) is 53.6 cm³/mol. The molecule has 1 aromatic rings. The molecule has 1 amide bonds. The van der Waals surface area contributed by atoms with E-state index in [4.69, 9.17) is 16.9 Å². The summed E-state index contributed by atoms with van der Waals surface area (Å²) in [4.78, 5) is 10.2. The molecule has 0 aromatic heterocycles. The van der Waals surface area contributed by atoms with Crippen LogP contribution in [0.3, 0.4) is 0 Å². The summed E-state index contributed by atoms with van der Waals surface area (Å²) < 4.78 is 0.601. The van der Waals surface area contributed by atoms with Gasteiger partial charge in [-0.2, -0.15) is 5.26 Å². The zero-order chi connectivity index (χ0) is 9.84. The summed E-state index contributed by atoms with van der Waals surface area (Å²) in [5.74, 6) is 0. The third-order valence-electron chi connectivity index (χ3n) is 1.42. The number of carbonyl (C=O) groups excluding carboxylic acids is 1. The molecule has 0 heterocycles. The Balaban J connectivity index is 3.36. The van der Waals surface area contributed by atoms with Crippen LogP contribution in [0.25, 0.3) is 0 Å². The van der Waals surface area contributed by atoms with E-state index in [1.165, 1.54) is 0 Å². The molecule has 5 heteroatoms. The van der Waals surface area contributed by atoms with Crippen LogP contribution < -0.4 is 5.32 Å². The summed E-state index contributed by atoms with van der Waals surface area (Å²) in [6.07, 6.45) is 0.481. The molecule has 0 aliphatic rings. The first-order chi connectivity index (χ1) is 6.20. The van der Waals surface area contributed by atoms with Gasteiger partial charge in [-0.1, -0.05) is 11.6 Å². The molecule has 13 heavy (non-hydrogen) atoms. The van der Waals surface area contributed by atoms with Gasteiger partial charge in [-0.3, -0.25) is 4.79 Å². The molecule has 1 rings (SSSR count). The summed E-state index contributed by atoms with van der Waals surface area (Å²) in [5.41, 5.74) is 0.646. The van der Waals surface area contributed by atoms with Gasteiger partial charge in [0.05, 0.1) is 16.3 Å². The van der Waals surface area contributed by atoms with E-state index in [1.807, 2.05) is 6.07 Å². The number of nitriles is 1. The van der Waals surface area contributed by atoms with Crippen molar-refractivity contribution in [3.05, 3.63) is 27.2 Å². The van der Waals surface area contributed by atoms with Gasteiger partial charge >= 0.3 is 0 Å². The Morgan fingerprint density at radius 2 is 2.31 bits per heavy atom. The summed E-state index contributed by atoms with van der Waals surface area (Å²) >= 11 is 8.94. The number of amides is 1. The second-order valence-corrected chi connectivity index (χ2v) is 3.41. The van der Waals surface area contributed by atoms with Crippen molar-refractivity contribution >= 4 is 39.6 Å². The Labute approximate surface area is 88.4 Å². The summed E-state index contributed by atoms with van der Waals surface area (Å²) in [7, 11) is 0. The van der Waals surface area contributed by atoms with Crippen molar-refractivity contribution in [1.29, 1.82) is 5.26 Å². The average molecular weight is 259 g/mol. The molecule has 0 unspecified atom stereocenters. The highest BCUT2D eigenvalue weighted by Crippen LogP contribution is 2.30. The van der Waals surface area contributed by atoms with Crippen LogP contribution >= 0.6 is 27.5 Å². The molecule has 0 aliphatic carbocycles. The number of nitrogens with one attached hydrogen (secondary N) is 1. The van der Waals surface area contributed by atoms with E-state index < -0.39 is 0 Å². The van der Waals surface area contributed by atoms with Crippen molar-refractivity contribution in [3.8, 4) is 6.07 Å². The van der Waals surface area contributed by atoms with Gasteiger partial charge in [0.25, 0.3) is 0 Å². The highest BCUT2D eigenvalue weighted by molar-refractivity contribution is 9.10. The Morgan fingerprint density at radius 3 is 2.85 bits per heavy atom. The van der Waals surface area contributed by atoms with E-state index in [1.54, 1.807) is 12.1 Å². The smallest absolute Gasteiger partial charge is 0.211 e. The van der Waals surface area contributed by atoms with Crippen molar-refractivity contribution in [2.75, 3.05) is 5.32 Å². The third-order valence-corrected chi connectivity index (χ3v) is 2.39. The van der Waals surface area contributed by atoms with Gasteiger partial charge in [0, 0.05) is 4.47 Å². The molecular formula is C8H4BrClN2O. The molecule has 0 atom stereocenters. The first-order valence-electron chi connectivity index (χ1n) is 3.29. The van der Waals surface area contributed by atoms with E-state index in [0.717, 1.165) is 0 Å². The van der Waals surface area contributed by atoms with Crippen LogP contribution in [-0.4, -0.2) is 6.41 Å². The van der Waals surface area contributed by atoms with E-state index in [2.05, 4.69) is 21.2 Å². The molecule has 3 nitrogen and oxygen atoms in total. The van der Waals surface area contributed by atoms with Crippen LogP contribution in [0.15, 0.2) is 16.6 Å². The minimum Gasteiger partial charge on any atom is -0.326 e. The Kier molecular flexibility index (Phi) is 3.29. The molecule has 0 aliphatic heterocycles. The molecule has 66 valence electrons. The van der Waals surface area contributed by atoms with E-state index in [-0.39, 0.29) is 0 Å². The summed E-state index contributed by atoms with van der Waals surface area (Å²) in [6.45, 7) is 0. The fourth-order valence-corrected chi connectivity index (χ4v) is 1.49. The number of hydrogen-bond donors (Lipinski definition) is 1. The maximum atomic E-state index is 10.2. The van der Waals surface area contributed by atoms with Crippen molar-refractivity contribution in [3.63, 3.8) is 0 Å². The van der Waals surface area contributed by atoms with Gasteiger partial charge in [-0.25, -0.2) is 0 Å². The third kappa shape index (κ3) is 2.00. The number of benzene rings is 1. The lowest BCUT2D eigenvalue weighted by Gasteiger charge is -2.05.